The van der Waals surface area contributed by atoms with E-state index in [0.717, 1.165) is 0 Å². The summed E-state index contributed by atoms with van der Waals surface area (Å²) in [6.07, 6.45) is -15.9. The first-order chi connectivity index (χ1) is 13.2. The Morgan fingerprint density at radius 2 is 1.39 bits per heavy atom. The second kappa shape index (κ2) is 10.3. The van der Waals surface area contributed by atoms with Crippen LogP contribution in [0.5, 0.6) is 0 Å². The van der Waals surface area contributed by atoms with Crippen molar-refractivity contribution in [2.75, 3.05) is 19.8 Å². The van der Waals surface area contributed by atoms with Gasteiger partial charge in [-0.15, -0.1) is 0 Å². The van der Waals surface area contributed by atoms with Gasteiger partial charge in [-0.1, -0.05) is 0 Å². The van der Waals surface area contributed by atoms with Gasteiger partial charge in [0.15, 0.2) is 18.9 Å². The van der Waals surface area contributed by atoms with Crippen molar-refractivity contribution in [1.29, 1.82) is 0 Å². The lowest BCUT2D eigenvalue weighted by molar-refractivity contribution is -0.213. The highest BCUT2D eigenvalue weighted by atomic mass is 16.7. The van der Waals surface area contributed by atoms with Gasteiger partial charge in [0, 0.05) is 0 Å². The third-order valence-electron chi connectivity index (χ3n) is 4.56. The fourth-order valence-electron chi connectivity index (χ4n) is 2.78. The van der Waals surface area contributed by atoms with Crippen molar-refractivity contribution in [3.8, 4) is 0 Å². The number of aldehydes is 1. The lowest BCUT2D eigenvalue weighted by Crippen LogP contribution is -2.42. The van der Waals surface area contributed by atoms with Gasteiger partial charge >= 0.3 is 0 Å². The van der Waals surface area contributed by atoms with E-state index in [-0.39, 0.29) is 12.9 Å². The van der Waals surface area contributed by atoms with Gasteiger partial charge in [-0.2, -0.15) is 0 Å². The maximum Gasteiger partial charge on any atom is 0.186 e. The van der Waals surface area contributed by atoms with E-state index in [2.05, 4.69) is 0 Å². The van der Waals surface area contributed by atoms with E-state index in [0.29, 0.717) is 0 Å². The Morgan fingerprint density at radius 1 is 0.857 bits per heavy atom. The number of aliphatic hydroxyl groups is 8. The molecule has 13 heteroatoms. The zero-order valence-electron chi connectivity index (χ0n) is 14.7. The highest BCUT2D eigenvalue weighted by Gasteiger charge is 2.47. The summed E-state index contributed by atoms with van der Waals surface area (Å²) in [5.74, 6) is 0. The van der Waals surface area contributed by atoms with Crippen molar-refractivity contribution >= 4 is 6.29 Å². The predicted molar refractivity (Wildman–Crippen MR) is 84.4 cm³/mol. The number of ether oxygens (including phenoxy) is 4. The molecule has 13 nitrogen and oxygen atoms in total. The number of carbonyl (C=O) groups is 1. The molecule has 28 heavy (non-hydrogen) atoms. The van der Waals surface area contributed by atoms with Crippen LogP contribution in [0, 0.1) is 0 Å². The Hall–Kier alpha value is -0.810. The SMILES string of the molecule is O=C[C@H](O)[C@@H](O)[C@@H](O)CO[C@@H]1O[C@@H](CO[C@@H]2O[C@@H](CO)[C@H](O)[C@H]2O)[C@H](O)[C@H]1O. The number of hydrogen-bond donors (Lipinski definition) is 8. The van der Waals surface area contributed by atoms with Crippen LogP contribution in [0.2, 0.25) is 0 Å². The molecule has 2 aliphatic rings. The Balaban J connectivity index is 1.81. The van der Waals surface area contributed by atoms with Crippen LogP contribution in [0.15, 0.2) is 0 Å². The quantitative estimate of drug-likeness (QED) is 0.156. The summed E-state index contributed by atoms with van der Waals surface area (Å²) >= 11 is 0. The summed E-state index contributed by atoms with van der Waals surface area (Å²) in [5.41, 5.74) is 0. The third kappa shape index (κ3) is 5.21. The van der Waals surface area contributed by atoms with Gasteiger partial charge < -0.3 is 64.6 Å². The molecular weight excluding hydrogens is 388 g/mol. The highest BCUT2D eigenvalue weighted by molar-refractivity contribution is 5.56. The van der Waals surface area contributed by atoms with E-state index in [4.69, 9.17) is 29.2 Å². The van der Waals surface area contributed by atoms with Crippen LogP contribution in [0.4, 0.5) is 0 Å². The molecular formula is C15H26O13. The normalized spacial score (nSPS) is 41.7. The average Bonchev–Trinajstić information content (AvgIpc) is 3.13. The molecule has 2 heterocycles. The second-order valence-electron chi connectivity index (χ2n) is 6.58. The molecule has 8 N–H and O–H groups in total. The molecule has 11 atom stereocenters. The van der Waals surface area contributed by atoms with E-state index in [1.54, 1.807) is 0 Å². The van der Waals surface area contributed by atoms with Crippen molar-refractivity contribution in [2.45, 2.75) is 67.5 Å². The summed E-state index contributed by atoms with van der Waals surface area (Å²) in [6.45, 7) is -1.54. The van der Waals surface area contributed by atoms with Crippen molar-refractivity contribution in [3.63, 3.8) is 0 Å². The Morgan fingerprint density at radius 3 is 1.93 bits per heavy atom. The Bertz CT molecular complexity index is 493. The maximum absolute atomic E-state index is 10.4. The minimum absolute atomic E-state index is 0.0315. The zero-order valence-corrected chi connectivity index (χ0v) is 14.7. The van der Waals surface area contributed by atoms with E-state index >= 15 is 0 Å². The van der Waals surface area contributed by atoms with Crippen LogP contribution in [0.25, 0.3) is 0 Å². The van der Waals surface area contributed by atoms with Crippen LogP contribution in [-0.2, 0) is 23.7 Å². The summed E-state index contributed by atoms with van der Waals surface area (Å²) in [6, 6.07) is 0. The maximum atomic E-state index is 10.4. The van der Waals surface area contributed by atoms with Gasteiger partial charge in [0.1, 0.15) is 54.9 Å². The third-order valence-corrected chi connectivity index (χ3v) is 4.56. The molecule has 0 aromatic rings. The molecule has 0 spiro atoms. The first-order valence-electron chi connectivity index (χ1n) is 8.58. The van der Waals surface area contributed by atoms with Crippen LogP contribution in [-0.4, -0.2) is 134 Å². The summed E-state index contributed by atoms with van der Waals surface area (Å²) < 4.78 is 20.6. The lowest BCUT2D eigenvalue weighted by Gasteiger charge is -2.22. The molecule has 0 aliphatic carbocycles. The first-order valence-corrected chi connectivity index (χ1v) is 8.58. The molecule has 0 bridgehead atoms. The molecule has 0 radical (unpaired) electrons. The minimum Gasteiger partial charge on any atom is -0.394 e. The fourth-order valence-corrected chi connectivity index (χ4v) is 2.78. The molecule has 0 aromatic carbocycles. The van der Waals surface area contributed by atoms with E-state index in [9.17, 15) is 35.4 Å². The second-order valence-corrected chi connectivity index (χ2v) is 6.58. The number of carbonyl (C=O) groups excluding carboxylic acids is 1. The molecule has 0 saturated carbocycles. The van der Waals surface area contributed by atoms with Crippen molar-refractivity contribution in [2.24, 2.45) is 0 Å². The van der Waals surface area contributed by atoms with Gasteiger partial charge in [0.25, 0.3) is 0 Å². The van der Waals surface area contributed by atoms with E-state index in [1.807, 2.05) is 0 Å². The monoisotopic (exact) mass is 414 g/mol. The highest BCUT2D eigenvalue weighted by Crippen LogP contribution is 2.26. The zero-order chi connectivity index (χ0) is 21.0. The number of aliphatic hydroxyl groups excluding tert-OH is 8. The number of hydrogen-bond acceptors (Lipinski definition) is 13. The molecule has 0 unspecified atom stereocenters. The topological polar surface area (TPSA) is 216 Å². The van der Waals surface area contributed by atoms with E-state index < -0.39 is 80.7 Å². The predicted octanol–water partition coefficient (Wildman–Crippen LogP) is -5.81. The summed E-state index contributed by atoms with van der Waals surface area (Å²) in [5, 5.41) is 76.6. The standard InChI is InChI=1S/C15H26O13/c16-1-5(18)9(20)6(19)3-25-14-13(24)11(22)8(28-14)4-26-15-12(23)10(21)7(2-17)27-15/h1,5-15,17-24H,2-4H2/t5-,6-,7-,8-,9+,10-,11-,12+,13+,14+,15+/m0/s1. The molecule has 2 saturated heterocycles. The van der Waals surface area contributed by atoms with Gasteiger partial charge in [-0.25, -0.2) is 0 Å². The first kappa shape index (κ1) is 23.5. The van der Waals surface area contributed by atoms with E-state index in [1.165, 1.54) is 0 Å². The van der Waals surface area contributed by atoms with Crippen LogP contribution >= 0.6 is 0 Å². The molecule has 2 aliphatic heterocycles. The van der Waals surface area contributed by atoms with Crippen LogP contribution in [0.3, 0.4) is 0 Å². The van der Waals surface area contributed by atoms with Crippen molar-refractivity contribution in [3.05, 3.63) is 0 Å². The molecule has 0 amide bonds. The number of rotatable bonds is 10. The van der Waals surface area contributed by atoms with Gasteiger partial charge in [0.2, 0.25) is 0 Å². The largest absolute Gasteiger partial charge is 0.394 e. The molecule has 2 fully saturated rings. The van der Waals surface area contributed by atoms with Crippen LogP contribution in [0.1, 0.15) is 0 Å². The minimum atomic E-state index is -1.82. The van der Waals surface area contributed by atoms with Gasteiger partial charge in [0.05, 0.1) is 19.8 Å². The van der Waals surface area contributed by atoms with Crippen LogP contribution < -0.4 is 0 Å². The Kier molecular flexibility index (Phi) is 8.62. The average molecular weight is 414 g/mol. The van der Waals surface area contributed by atoms with Gasteiger partial charge in [-0.05, 0) is 0 Å². The Labute approximate surface area is 159 Å². The summed E-state index contributed by atoms with van der Waals surface area (Å²) in [7, 11) is 0. The lowest BCUT2D eigenvalue weighted by atomic mass is 10.1. The molecule has 2 rings (SSSR count). The van der Waals surface area contributed by atoms with Crippen molar-refractivity contribution in [1.82, 2.24) is 0 Å². The fraction of sp³-hybridized carbons (Fsp3) is 0.933. The van der Waals surface area contributed by atoms with Crippen molar-refractivity contribution < 1.29 is 64.6 Å². The van der Waals surface area contributed by atoms with Gasteiger partial charge in [-0.3, -0.25) is 0 Å². The molecule has 164 valence electrons. The molecule has 0 aromatic heterocycles. The summed E-state index contributed by atoms with van der Waals surface area (Å²) in [4.78, 5) is 10.4. The smallest absolute Gasteiger partial charge is 0.186 e.